The van der Waals surface area contributed by atoms with Crippen LogP contribution in [0.5, 0.6) is 0 Å². The normalized spacial score (nSPS) is 11.9. The zero-order valence-corrected chi connectivity index (χ0v) is 28.7. The van der Waals surface area contributed by atoms with Crippen molar-refractivity contribution in [3.63, 3.8) is 0 Å². The first kappa shape index (κ1) is 28.6. The van der Waals surface area contributed by atoms with Crippen molar-refractivity contribution in [3.8, 4) is 39.9 Å². The molecule has 0 aliphatic rings. The summed E-state index contributed by atoms with van der Waals surface area (Å²) in [6.45, 7) is 0. The third-order valence-electron chi connectivity index (χ3n) is 9.84. The van der Waals surface area contributed by atoms with Gasteiger partial charge in [0.25, 0.3) is 0 Å². The molecule has 7 aromatic carbocycles. The van der Waals surface area contributed by atoms with Gasteiger partial charge in [-0.05, 0) is 54.6 Å². The van der Waals surface area contributed by atoms with Gasteiger partial charge in [-0.15, -0.1) is 22.7 Å². The van der Waals surface area contributed by atoms with E-state index in [0.29, 0.717) is 17.5 Å². The van der Waals surface area contributed by atoms with Crippen molar-refractivity contribution < 1.29 is 0 Å². The molecule has 11 aromatic rings. The summed E-state index contributed by atoms with van der Waals surface area (Å²) in [4.78, 5) is 14.9. The number of nitrogens with zero attached hydrogens (tertiary/aromatic N) is 4. The summed E-state index contributed by atoms with van der Waals surface area (Å²) in [5, 5.41) is 7.65. The zero-order valence-electron chi connectivity index (χ0n) is 27.1. The van der Waals surface area contributed by atoms with Crippen LogP contribution >= 0.6 is 22.7 Å². The highest BCUT2D eigenvalue weighted by molar-refractivity contribution is 7.27. The molecule has 11 rings (SSSR count). The van der Waals surface area contributed by atoms with Crippen molar-refractivity contribution in [2.75, 3.05) is 0 Å². The second-order valence-corrected chi connectivity index (χ2v) is 15.0. The fourth-order valence-electron chi connectivity index (χ4n) is 7.45. The van der Waals surface area contributed by atoms with E-state index >= 15 is 0 Å². The van der Waals surface area contributed by atoms with Crippen LogP contribution in [0.3, 0.4) is 0 Å². The van der Waals surface area contributed by atoms with E-state index in [4.69, 9.17) is 15.0 Å². The quantitative estimate of drug-likeness (QED) is 0.185. The molecule has 6 heteroatoms. The third kappa shape index (κ3) is 4.54. The lowest BCUT2D eigenvalue weighted by Gasteiger charge is -2.08. The molecule has 4 heterocycles. The third-order valence-corrected chi connectivity index (χ3v) is 12.1. The van der Waals surface area contributed by atoms with Crippen molar-refractivity contribution in [2.45, 2.75) is 0 Å². The van der Waals surface area contributed by atoms with E-state index in [2.05, 4.69) is 102 Å². The molecule has 0 fully saturated rings. The number of thiophene rings is 2. The van der Waals surface area contributed by atoms with Gasteiger partial charge in [-0.3, -0.25) is 0 Å². The van der Waals surface area contributed by atoms with Gasteiger partial charge in [-0.25, -0.2) is 15.0 Å². The number of hydrogen-bond acceptors (Lipinski definition) is 5. The predicted octanol–water partition coefficient (Wildman–Crippen LogP) is 12.7. The lowest BCUT2D eigenvalue weighted by atomic mass is 10.1. The zero-order chi connectivity index (χ0) is 33.5. The topological polar surface area (TPSA) is 43.6 Å². The van der Waals surface area contributed by atoms with E-state index in [-0.39, 0.29) is 0 Å². The van der Waals surface area contributed by atoms with Crippen LogP contribution in [0.2, 0.25) is 0 Å². The van der Waals surface area contributed by atoms with E-state index < -0.39 is 0 Å². The molecule has 0 spiro atoms. The molecular formula is C45H26N4S2. The molecule has 4 nitrogen and oxygen atoms in total. The van der Waals surface area contributed by atoms with E-state index in [9.17, 15) is 0 Å². The maximum Gasteiger partial charge on any atom is 0.164 e. The molecular weight excluding hydrogens is 661 g/mol. The number of para-hydroxylation sites is 2. The monoisotopic (exact) mass is 686 g/mol. The van der Waals surface area contributed by atoms with Crippen molar-refractivity contribution >= 4 is 84.8 Å². The molecule has 0 saturated heterocycles. The Balaban J connectivity index is 1.06. The van der Waals surface area contributed by atoms with Crippen molar-refractivity contribution in [3.05, 3.63) is 158 Å². The number of aromatic nitrogens is 4. The molecule has 0 bridgehead atoms. The number of fused-ring (bicyclic) bond motifs is 9. The van der Waals surface area contributed by atoms with E-state index in [1.165, 1.54) is 67.8 Å². The average Bonchev–Trinajstić information content (AvgIpc) is 3.85. The number of rotatable bonds is 4. The predicted molar refractivity (Wildman–Crippen MR) is 216 cm³/mol. The highest BCUT2D eigenvalue weighted by Gasteiger charge is 2.17. The molecule has 4 aromatic heterocycles. The van der Waals surface area contributed by atoms with Crippen LogP contribution in [0.15, 0.2) is 158 Å². The van der Waals surface area contributed by atoms with Gasteiger partial charge >= 0.3 is 0 Å². The van der Waals surface area contributed by atoms with Gasteiger partial charge in [0.1, 0.15) is 0 Å². The Bertz CT molecular complexity index is 3030. The first-order valence-electron chi connectivity index (χ1n) is 16.9. The van der Waals surface area contributed by atoms with E-state index in [1.807, 2.05) is 83.3 Å². The molecule has 0 aliphatic carbocycles. The Morgan fingerprint density at radius 2 is 0.824 bits per heavy atom. The second kappa shape index (κ2) is 11.2. The lowest BCUT2D eigenvalue weighted by molar-refractivity contribution is 1.07. The second-order valence-electron chi connectivity index (χ2n) is 12.8. The first-order chi connectivity index (χ1) is 25.2. The molecule has 0 radical (unpaired) electrons. The molecule has 238 valence electrons. The lowest BCUT2D eigenvalue weighted by Crippen LogP contribution is -2.00. The summed E-state index contributed by atoms with van der Waals surface area (Å²) >= 11 is 3.71. The summed E-state index contributed by atoms with van der Waals surface area (Å²) in [5.74, 6) is 2.01. The Morgan fingerprint density at radius 1 is 0.333 bits per heavy atom. The smallest absolute Gasteiger partial charge is 0.164 e. The Labute approximate surface area is 300 Å². The summed E-state index contributed by atoms with van der Waals surface area (Å²) in [5.41, 5.74) is 6.55. The first-order valence-corrected chi connectivity index (χ1v) is 18.6. The molecule has 0 amide bonds. The molecule has 0 atom stereocenters. The molecule has 51 heavy (non-hydrogen) atoms. The maximum absolute atomic E-state index is 5.00. The van der Waals surface area contributed by atoms with Crippen LogP contribution in [-0.4, -0.2) is 19.5 Å². The van der Waals surface area contributed by atoms with Crippen LogP contribution in [0.1, 0.15) is 0 Å². The van der Waals surface area contributed by atoms with Crippen molar-refractivity contribution in [2.24, 2.45) is 0 Å². The average molecular weight is 687 g/mol. The Morgan fingerprint density at radius 3 is 1.45 bits per heavy atom. The fourth-order valence-corrected chi connectivity index (χ4v) is 9.72. The van der Waals surface area contributed by atoms with E-state index in [0.717, 1.165) is 16.7 Å². The minimum atomic E-state index is 0.669. The van der Waals surface area contributed by atoms with Crippen LogP contribution in [0, 0.1) is 0 Å². The van der Waals surface area contributed by atoms with Crippen LogP contribution < -0.4 is 0 Å². The Kier molecular flexibility index (Phi) is 6.26. The molecule has 0 saturated carbocycles. The Hall–Kier alpha value is -6.21. The minimum Gasteiger partial charge on any atom is -0.309 e. The highest BCUT2D eigenvalue weighted by atomic mass is 32.1. The van der Waals surface area contributed by atoms with Crippen LogP contribution in [0.25, 0.3) is 102 Å². The summed E-state index contributed by atoms with van der Waals surface area (Å²) in [6.07, 6.45) is 0. The molecule has 0 aliphatic heterocycles. The summed E-state index contributed by atoms with van der Waals surface area (Å²) in [7, 11) is 0. The standard InChI is InChI=1S/C45H26N4S2/c1-3-11-27(12-4-1)43-46-44(28-13-5-2-6-14-28)48-45(47-43)29-19-22-39-34(23-29)36-26-41-35(25-42(36)50-39)33-21-20-30(24-40(33)51-41)49-37-17-9-7-15-31(37)32-16-8-10-18-38(32)49/h1-26H. The SMILES string of the molecule is c1ccc(-c2nc(-c3ccccc3)nc(-c3ccc4sc5cc6c(cc5c4c3)sc3cc(-n4c5ccccc5c5ccccc54)ccc36)n2)cc1. The molecule has 0 unspecified atom stereocenters. The van der Waals surface area contributed by atoms with Crippen molar-refractivity contribution in [1.29, 1.82) is 0 Å². The maximum atomic E-state index is 5.00. The van der Waals surface area contributed by atoms with E-state index in [1.54, 1.807) is 0 Å². The number of hydrogen-bond donors (Lipinski definition) is 0. The summed E-state index contributed by atoms with van der Waals surface area (Å²) in [6, 6.07) is 56.0. The van der Waals surface area contributed by atoms with Gasteiger partial charge in [0, 0.05) is 73.5 Å². The summed E-state index contributed by atoms with van der Waals surface area (Å²) < 4.78 is 7.52. The van der Waals surface area contributed by atoms with Gasteiger partial charge in [0.2, 0.25) is 0 Å². The van der Waals surface area contributed by atoms with Gasteiger partial charge < -0.3 is 4.57 Å². The van der Waals surface area contributed by atoms with Gasteiger partial charge in [-0.1, -0.05) is 103 Å². The van der Waals surface area contributed by atoms with Gasteiger partial charge in [-0.2, -0.15) is 0 Å². The highest BCUT2D eigenvalue weighted by Crippen LogP contribution is 2.43. The van der Waals surface area contributed by atoms with Gasteiger partial charge in [0.15, 0.2) is 17.5 Å². The van der Waals surface area contributed by atoms with Crippen molar-refractivity contribution in [1.82, 2.24) is 19.5 Å². The minimum absolute atomic E-state index is 0.669. The molecule has 0 N–H and O–H groups in total. The van der Waals surface area contributed by atoms with Gasteiger partial charge in [0.05, 0.1) is 11.0 Å². The fraction of sp³-hybridized carbons (Fsp3) is 0. The largest absolute Gasteiger partial charge is 0.309 e. The van der Waals surface area contributed by atoms with Crippen LogP contribution in [-0.2, 0) is 0 Å². The van der Waals surface area contributed by atoms with Crippen LogP contribution in [0.4, 0.5) is 0 Å². The number of benzene rings is 7.